The molecule has 2 aromatic heterocycles. The van der Waals surface area contributed by atoms with Gasteiger partial charge in [0.15, 0.2) is 0 Å². The predicted molar refractivity (Wildman–Crippen MR) is 176 cm³/mol. The highest BCUT2D eigenvalue weighted by atomic mass is 16.3. The van der Waals surface area contributed by atoms with Gasteiger partial charge in [-0.25, -0.2) is 4.98 Å². The second-order valence-electron chi connectivity index (χ2n) is 12.0. The molecule has 0 aliphatic heterocycles. The van der Waals surface area contributed by atoms with E-state index in [9.17, 15) is 5.11 Å². The zero-order valence-corrected chi connectivity index (χ0v) is 25.1. The number of benzene rings is 3. The lowest BCUT2D eigenvalue weighted by molar-refractivity contribution is 0.399. The number of pyridine rings is 2. The van der Waals surface area contributed by atoms with Gasteiger partial charge in [-0.2, -0.15) is 0 Å². The summed E-state index contributed by atoms with van der Waals surface area (Å²) in [5.41, 5.74) is 8.39. The van der Waals surface area contributed by atoms with Crippen molar-refractivity contribution in [3.63, 3.8) is 0 Å². The molecule has 214 valence electrons. The van der Waals surface area contributed by atoms with Crippen molar-refractivity contribution < 1.29 is 5.11 Å². The highest BCUT2D eigenvalue weighted by Gasteiger charge is 2.44. The van der Waals surface area contributed by atoms with E-state index in [2.05, 4.69) is 80.6 Å². The standard InChI is InChI=1S/C39H42N2O/c1-3-5-7-11-23-39(24-12-8-6-4-2)32-19-14-20-36(42)37(32)38-33(39)21-22-34(41-38)29-17-13-18-30(25-29)35-26-28-15-9-10-16-31(28)27-40-35/h9-10,13-22,25-27,42H,3-8,11-12,23-24H2,1-2H3. The first-order chi connectivity index (χ1) is 20.6. The van der Waals surface area contributed by atoms with Crippen LogP contribution in [0.25, 0.3) is 44.5 Å². The summed E-state index contributed by atoms with van der Waals surface area (Å²) in [6.45, 7) is 4.55. The number of fused-ring (bicyclic) bond motifs is 4. The molecule has 42 heavy (non-hydrogen) atoms. The monoisotopic (exact) mass is 554 g/mol. The number of phenolic OH excluding ortho intramolecular Hbond substituents is 1. The Morgan fingerprint density at radius 2 is 1.31 bits per heavy atom. The lowest BCUT2D eigenvalue weighted by Gasteiger charge is -2.32. The molecular formula is C39H42N2O. The average molecular weight is 555 g/mol. The number of rotatable bonds is 12. The molecule has 0 atom stereocenters. The van der Waals surface area contributed by atoms with Crippen LogP contribution in [0.5, 0.6) is 5.75 Å². The third-order valence-electron chi connectivity index (χ3n) is 9.20. The van der Waals surface area contributed by atoms with E-state index in [0.717, 1.165) is 52.0 Å². The second-order valence-corrected chi connectivity index (χ2v) is 12.0. The van der Waals surface area contributed by atoms with Crippen LogP contribution in [-0.4, -0.2) is 15.1 Å². The fraction of sp³-hybridized carbons (Fsp3) is 0.333. The van der Waals surface area contributed by atoms with Crippen molar-refractivity contribution in [1.82, 2.24) is 9.97 Å². The van der Waals surface area contributed by atoms with Crippen molar-refractivity contribution in [3.8, 4) is 39.5 Å². The SMILES string of the molecule is CCCCCCC1(CCCCCC)c2ccc(-c3cccc(-c4cc5ccccc5cn4)c3)nc2-c2c(O)cccc21. The lowest BCUT2D eigenvalue weighted by Crippen LogP contribution is -2.25. The van der Waals surface area contributed by atoms with E-state index in [1.165, 1.54) is 67.9 Å². The van der Waals surface area contributed by atoms with Gasteiger partial charge in [0.25, 0.3) is 0 Å². The molecule has 3 heteroatoms. The van der Waals surface area contributed by atoms with Crippen LogP contribution < -0.4 is 0 Å². The average Bonchev–Trinajstić information content (AvgIpc) is 3.31. The lowest BCUT2D eigenvalue weighted by atomic mass is 9.70. The van der Waals surface area contributed by atoms with Crippen LogP contribution >= 0.6 is 0 Å². The van der Waals surface area contributed by atoms with Gasteiger partial charge >= 0.3 is 0 Å². The van der Waals surface area contributed by atoms with Crippen LogP contribution in [0.3, 0.4) is 0 Å². The summed E-state index contributed by atoms with van der Waals surface area (Å²) in [5.74, 6) is 0.344. The largest absolute Gasteiger partial charge is 0.507 e. The van der Waals surface area contributed by atoms with Crippen LogP contribution in [-0.2, 0) is 5.41 Å². The molecule has 0 unspecified atom stereocenters. The van der Waals surface area contributed by atoms with Crippen LogP contribution in [0.1, 0.15) is 89.2 Å². The number of hydrogen-bond acceptors (Lipinski definition) is 3. The Labute approximate surface area is 250 Å². The van der Waals surface area contributed by atoms with Crippen molar-refractivity contribution in [3.05, 3.63) is 102 Å². The van der Waals surface area contributed by atoms with E-state index in [1.807, 2.05) is 24.4 Å². The maximum atomic E-state index is 11.2. The molecule has 1 aliphatic rings. The van der Waals surface area contributed by atoms with E-state index in [0.29, 0.717) is 5.75 Å². The summed E-state index contributed by atoms with van der Waals surface area (Å²) in [6, 6.07) is 29.6. The highest BCUT2D eigenvalue weighted by Crippen LogP contribution is 2.56. The van der Waals surface area contributed by atoms with Crippen molar-refractivity contribution in [1.29, 1.82) is 0 Å². The third-order valence-corrected chi connectivity index (χ3v) is 9.20. The molecule has 0 amide bonds. The van der Waals surface area contributed by atoms with Crippen LogP contribution in [0.2, 0.25) is 0 Å². The molecule has 0 saturated heterocycles. The fourth-order valence-corrected chi connectivity index (χ4v) is 6.98. The quantitative estimate of drug-likeness (QED) is 0.156. The fourth-order valence-electron chi connectivity index (χ4n) is 6.98. The summed E-state index contributed by atoms with van der Waals surface area (Å²) in [7, 11) is 0. The molecule has 3 nitrogen and oxygen atoms in total. The molecule has 0 fully saturated rings. The number of nitrogens with zero attached hydrogens (tertiary/aromatic N) is 2. The summed E-state index contributed by atoms with van der Waals surface area (Å²) >= 11 is 0. The van der Waals surface area contributed by atoms with Gasteiger partial charge in [0, 0.05) is 33.7 Å². The normalized spacial score (nSPS) is 13.3. The van der Waals surface area contributed by atoms with Crippen molar-refractivity contribution >= 4 is 10.8 Å². The van der Waals surface area contributed by atoms with Gasteiger partial charge in [0.1, 0.15) is 5.75 Å². The maximum absolute atomic E-state index is 11.2. The molecule has 5 aromatic rings. The Morgan fingerprint density at radius 1 is 0.619 bits per heavy atom. The molecular weight excluding hydrogens is 512 g/mol. The second kappa shape index (κ2) is 12.5. The van der Waals surface area contributed by atoms with Gasteiger partial charge in [-0.1, -0.05) is 126 Å². The highest BCUT2D eigenvalue weighted by molar-refractivity contribution is 5.87. The smallest absolute Gasteiger partial charge is 0.125 e. The van der Waals surface area contributed by atoms with Crippen molar-refractivity contribution in [2.45, 2.75) is 83.5 Å². The van der Waals surface area contributed by atoms with Crippen molar-refractivity contribution in [2.24, 2.45) is 0 Å². The summed E-state index contributed by atoms with van der Waals surface area (Å²) in [5, 5.41) is 13.5. The first kappa shape index (κ1) is 28.2. The number of aromatic hydroxyl groups is 1. The summed E-state index contributed by atoms with van der Waals surface area (Å²) in [6.07, 6.45) is 14.0. The van der Waals surface area contributed by atoms with Crippen LogP contribution in [0, 0.1) is 0 Å². The zero-order chi connectivity index (χ0) is 28.9. The van der Waals surface area contributed by atoms with Crippen LogP contribution in [0.4, 0.5) is 0 Å². The van der Waals surface area contributed by atoms with Crippen molar-refractivity contribution in [2.75, 3.05) is 0 Å². The van der Waals surface area contributed by atoms with Crippen LogP contribution in [0.15, 0.2) is 91.1 Å². The molecule has 6 rings (SSSR count). The van der Waals surface area contributed by atoms with E-state index < -0.39 is 0 Å². The maximum Gasteiger partial charge on any atom is 0.125 e. The first-order valence-corrected chi connectivity index (χ1v) is 15.9. The first-order valence-electron chi connectivity index (χ1n) is 15.9. The number of aromatic nitrogens is 2. The van der Waals surface area contributed by atoms with Gasteiger partial charge in [-0.3, -0.25) is 4.98 Å². The molecule has 1 N–H and O–H groups in total. The number of unbranched alkanes of at least 4 members (excludes halogenated alkanes) is 6. The van der Waals surface area contributed by atoms with Gasteiger partial charge < -0.3 is 5.11 Å². The zero-order valence-electron chi connectivity index (χ0n) is 25.1. The van der Waals surface area contributed by atoms with Gasteiger partial charge in [0.2, 0.25) is 0 Å². The molecule has 2 heterocycles. The molecule has 0 saturated carbocycles. The number of phenols is 1. The Kier molecular flexibility index (Phi) is 8.37. The molecule has 0 spiro atoms. The minimum Gasteiger partial charge on any atom is -0.507 e. The molecule has 3 aromatic carbocycles. The topological polar surface area (TPSA) is 46.0 Å². The predicted octanol–water partition coefficient (Wildman–Crippen LogP) is 10.9. The summed E-state index contributed by atoms with van der Waals surface area (Å²) in [4.78, 5) is 10.1. The van der Waals surface area contributed by atoms with E-state index in [4.69, 9.17) is 9.97 Å². The Morgan fingerprint density at radius 3 is 2.05 bits per heavy atom. The van der Waals surface area contributed by atoms with Gasteiger partial charge in [0.05, 0.1) is 17.1 Å². The number of hydrogen-bond donors (Lipinski definition) is 1. The van der Waals surface area contributed by atoms with Gasteiger partial charge in [-0.15, -0.1) is 0 Å². The molecule has 0 bridgehead atoms. The minimum atomic E-state index is -0.0900. The summed E-state index contributed by atoms with van der Waals surface area (Å²) < 4.78 is 0. The van der Waals surface area contributed by atoms with E-state index in [1.54, 1.807) is 0 Å². The Bertz CT molecular complexity index is 1680. The van der Waals surface area contributed by atoms with E-state index in [-0.39, 0.29) is 5.41 Å². The third kappa shape index (κ3) is 5.33. The van der Waals surface area contributed by atoms with Gasteiger partial charge in [-0.05, 0) is 53.6 Å². The molecule has 0 radical (unpaired) electrons. The Balaban J connectivity index is 1.41. The molecule has 1 aliphatic carbocycles. The minimum absolute atomic E-state index is 0.0900. The Hall–Kier alpha value is -3.98. The van der Waals surface area contributed by atoms with E-state index >= 15 is 0 Å².